The Balaban J connectivity index is 1.94. The van der Waals surface area contributed by atoms with Gasteiger partial charge in [0, 0.05) is 27.8 Å². The molecule has 1 saturated heterocycles. The van der Waals surface area contributed by atoms with E-state index in [0.29, 0.717) is 6.04 Å². The van der Waals surface area contributed by atoms with Crippen molar-refractivity contribution in [2.24, 2.45) is 0 Å². The van der Waals surface area contributed by atoms with Crippen LogP contribution >= 0.6 is 39.3 Å². The fourth-order valence-electron chi connectivity index (χ4n) is 1.63. The highest BCUT2D eigenvalue weighted by Gasteiger charge is 2.14. The second-order valence-corrected chi connectivity index (χ2v) is 6.15. The molecule has 0 saturated carbocycles. The van der Waals surface area contributed by atoms with Gasteiger partial charge in [0.15, 0.2) is 0 Å². The van der Waals surface area contributed by atoms with E-state index in [-0.39, 0.29) is 0 Å². The van der Waals surface area contributed by atoms with Crippen LogP contribution in [0.4, 0.5) is 0 Å². The first-order valence-corrected chi connectivity index (χ1v) is 7.33. The van der Waals surface area contributed by atoms with Gasteiger partial charge in [-0.25, -0.2) is 0 Å². The molecule has 1 aliphatic heterocycles. The molecular formula is C11H13BrClNS. The SMILES string of the molecule is Clc1ccc(Br)cc1CNC1CCSC1. The van der Waals surface area contributed by atoms with Gasteiger partial charge < -0.3 is 5.32 Å². The van der Waals surface area contributed by atoms with Crippen molar-refractivity contribution in [1.29, 1.82) is 0 Å². The highest BCUT2D eigenvalue weighted by molar-refractivity contribution is 9.10. The third-order valence-corrected chi connectivity index (χ3v) is 4.54. The number of rotatable bonds is 3. The molecule has 82 valence electrons. The van der Waals surface area contributed by atoms with Crippen LogP contribution in [0.1, 0.15) is 12.0 Å². The predicted octanol–water partition coefficient (Wildman–Crippen LogP) is 3.70. The van der Waals surface area contributed by atoms with E-state index in [1.807, 2.05) is 23.9 Å². The van der Waals surface area contributed by atoms with Crippen LogP contribution in [0.25, 0.3) is 0 Å². The summed E-state index contributed by atoms with van der Waals surface area (Å²) in [6.07, 6.45) is 1.27. The van der Waals surface area contributed by atoms with Crippen molar-refractivity contribution < 1.29 is 0 Å². The number of halogens is 2. The Morgan fingerprint density at radius 3 is 3.13 bits per heavy atom. The summed E-state index contributed by atoms with van der Waals surface area (Å²) in [4.78, 5) is 0. The first kappa shape index (κ1) is 11.8. The lowest BCUT2D eigenvalue weighted by molar-refractivity contribution is 0.558. The van der Waals surface area contributed by atoms with E-state index in [1.54, 1.807) is 0 Å². The quantitative estimate of drug-likeness (QED) is 0.914. The molecule has 0 radical (unpaired) electrons. The van der Waals surface area contributed by atoms with Crippen LogP contribution in [-0.2, 0) is 6.54 Å². The zero-order valence-corrected chi connectivity index (χ0v) is 11.5. The highest BCUT2D eigenvalue weighted by Crippen LogP contribution is 2.22. The van der Waals surface area contributed by atoms with Crippen LogP contribution in [0.5, 0.6) is 0 Å². The maximum Gasteiger partial charge on any atom is 0.0451 e. The molecule has 1 atom stereocenters. The molecule has 1 fully saturated rings. The average Bonchev–Trinajstić information content (AvgIpc) is 2.72. The van der Waals surface area contributed by atoms with E-state index in [0.717, 1.165) is 16.0 Å². The van der Waals surface area contributed by atoms with E-state index < -0.39 is 0 Å². The molecule has 1 N–H and O–H groups in total. The standard InChI is InChI=1S/C11H13BrClNS/c12-9-1-2-11(13)8(5-9)6-14-10-3-4-15-7-10/h1-2,5,10,14H,3-4,6-7H2. The Hall–Kier alpha value is 0.300. The smallest absolute Gasteiger partial charge is 0.0451 e. The Labute approximate surface area is 108 Å². The van der Waals surface area contributed by atoms with Gasteiger partial charge in [-0.1, -0.05) is 27.5 Å². The molecule has 0 bridgehead atoms. The van der Waals surface area contributed by atoms with Crippen LogP contribution in [0.2, 0.25) is 5.02 Å². The number of benzene rings is 1. The molecule has 1 heterocycles. The maximum atomic E-state index is 6.12. The minimum Gasteiger partial charge on any atom is -0.309 e. The van der Waals surface area contributed by atoms with Crippen LogP contribution in [0, 0.1) is 0 Å². The predicted molar refractivity (Wildman–Crippen MR) is 71.7 cm³/mol. The summed E-state index contributed by atoms with van der Waals surface area (Å²) >= 11 is 11.6. The third kappa shape index (κ3) is 3.38. The average molecular weight is 307 g/mol. The van der Waals surface area contributed by atoms with Crippen LogP contribution in [-0.4, -0.2) is 17.5 Å². The molecule has 0 amide bonds. The van der Waals surface area contributed by atoms with Crippen molar-refractivity contribution in [3.05, 3.63) is 33.3 Å². The number of thioether (sulfide) groups is 1. The van der Waals surface area contributed by atoms with Gasteiger partial charge >= 0.3 is 0 Å². The van der Waals surface area contributed by atoms with E-state index in [4.69, 9.17) is 11.6 Å². The van der Waals surface area contributed by atoms with Gasteiger partial charge in [-0.3, -0.25) is 0 Å². The van der Waals surface area contributed by atoms with Crippen molar-refractivity contribution in [3.63, 3.8) is 0 Å². The van der Waals surface area contributed by atoms with E-state index in [1.165, 1.54) is 23.5 Å². The summed E-state index contributed by atoms with van der Waals surface area (Å²) in [7, 11) is 0. The van der Waals surface area contributed by atoms with Crippen LogP contribution < -0.4 is 5.32 Å². The normalized spacial score (nSPS) is 20.8. The molecule has 1 aromatic carbocycles. The van der Waals surface area contributed by atoms with Crippen LogP contribution in [0.3, 0.4) is 0 Å². The molecule has 15 heavy (non-hydrogen) atoms. The monoisotopic (exact) mass is 305 g/mol. The second-order valence-electron chi connectivity index (χ2n) is 3.68. The van der Waals surface area contributed by atoms with Gasteiger partial charge in [0.25, 0.3) is 0 Å². The summed E-state index contributed by atoms with van der Waals surface area (Å²) in [5.41, 5.74) is 1.17. The number of hydrogen-bond donors (Lipinski definition) is 1. The van der Waals surface area contributed by atoms with Crippen LogP contribution in [0.15, 0.2) is 22.7 Å². The van der Waals surface area contributed by atoms with E-state index in [2.05, 4.69) is 27.3 Å². The summed E-state index contributed by atoms with van der Waals surface area (Å²) in [5.74, 6) is 2.51. The highest BCUT2D eigenvalue weighted by atomic mass is 79.9. The van der Waals surface area contributed by atoms with Crippen molar-refractivity contribution >= 4 is 39.3 Å². The molecule has 0 aliphatic carbocycles. The largest absolute Gasteiger partial charge is 0.309 e. The zero-order chi connectivity index (χ0) is 10.7. The fraction of sp³-hybridized carbons (Fsp3) is 0.455. The lowest BCUT2D eigenvalue weighted by Gasteiger charge is -2.12. The lowest BCUT2D eigenvalue weighted by Crippen LogP contribution is -2.28. The number of hydrogen-bond acceptors (Lipinski definition) is 2. The van der Waals surface area contributed by atoms with Crippen molar-refractivity contribution in [1.82, 2.24) is 5.32 Å². The third-order valence-electron chi connectivity index (χ3n) is 2.52. The molecule has 1 aliphatic rings. The summed E-state index contributed by atoms with van der Waals surface area (Å²) in [6.45, 7) is 0.865. The topological polar surface area (TPSA) is 12.0 Å². The Morgan fingerprint density at radius 1 is 1.53 bits per heavy atom. The van der Waals surface area contributed by atoms with E-state index >= 15 is 0 Å². The lowest BCUT2D eigenvalue weighted by atomic mass is 10.2. The van der Waals surface area contributed by atoms with Gasteiger partial charge in [-0.2, -0.15) is 11.8 Å². The molecule has 1 nitrogen and oxygen atoms in total. The van der Waals surface area contributed by atoms with Crippen molar-refractivity contribution in [3.8, 4) is 0 Å². The molecule has 0 spiro atoms. The van der Waals surface area contributed by atoms with Crippen molar-refractivity contribution in [2.75, 3.05) is 11.5 Å². The van der Waals surface area contributed by atoms with E-state index in [9.17, 15) is 0 Å². The summed E-state index contributed by atoms with van der Waals surface area (Å²) in [5, 5.41) is 4.38. The zero-order valence-electron chi connectivity index (χ0n) is 8.30. The summed E-state index contributed by atoms with van der Waals surface area (Å²) in [6, 6.07) is 6.64. The first-order chi connectivity index (χ1) is 7.25. The molecule has 2 rings (SSSR count). The van der Waals surface area contributed by atoms with Gasteiger partial charge in [0.05, 0.1) is 0 Å². The fourth-order valence-corrected chi connectivity index (χ4v) is 3.41. The first-order valence-electron chi connectivity index (χ1n) is 5.01. The van der Waals surface area contributed by atoms with Gasteiger partial charge in [0.1, 0.15) is 0 Å². The molecule has 4 heteroatoms. The molecular weight excluding hydrogens is 294 g/mol. The maximum absolute atomic E-state index is 6.12. The Kier molecular flexibility index (Phi) is 4.38. The summed E-state index contributed by atoms with van der Waals surface area (Å²) < 4.78 is 1.09. The minimum atomic E-state index is 0.657. The number of nitrogens with one attached hydrogen (secondary N) is 1. The Bertz CT molecular complexity index is 339. The van der Waals surface area contributed by atoms with Gasteiger partial charge in [0.2, 0.25) is 0 Å². The molecule has 1 aromatic rings. The van der Waals surface area contributed by atoms with Gasteiger partial charge in [-0.05, 0) is 35.9 Å². The van der Waals surface area contributed by atoms with Crippen molar-refractivity contribution in [2.45, 2.75) is 19.0 Å². The molecule has 0 aromatic heterocycles. The minimum absolute atomic E-state index is 0.657. The van der Waals surface area contributed by atoms with Gasteiger partial charge in [-0.15, -0.1) is 0 Å². The Morgan fingerprint density at radius 2 is 2.40 bits per heavy atom. The second kappa shape index (κ2) is 5.58. The molecule has 1 unspecified atom stereocenters.